The summed E-state index contributed by atoms with van der Waals surface area (Å²) in [6.45, 7) is 0.310. The molecule has 25 heavy (non-hydrogen) atoms. The number of amides is 1. The molecule has 3 aromatic rings. The van der Waals surface area contributed by atoms with Gasteiger partial charge in [-0.05, 0) is 42.5 Å². The van der Waals surface area contributed by atoms with Crippen LogP contribution in [-0.2, 0) is 6.54 Å². The second-order valence-corrected chi connectivity index (χ2v) is 5.59. The standard InChI is InChI=1S/C18H19N5O2/c1-23(2)14-7-5-13(6-8-14)21-18-19-10-9-16(22-18)17(24)20-12-15-4-3-11-25-15/h3-11H,12H2,1-2H3,(H,20,24)(H,19,21,22). The highest BCUT2D eigenvalue weighted by molar-refractivity contribution is 5.92. The highest BCUT2D eigenvalue weighted by Gasteiger charge is 2.09. The van der Waals surface area contributed by atoms with Gasteiger partial charge in [0.05, 0.1) is 12.8 Å². The van der Waals surface area contributed by atoms with Crippen molar-refractivity contribution >= 4 is 23.2 Å². The van der Waals surface area contributed by atoms with E-state index < -0.39 is 0 Å². The largest absolute Gasteiger partial charge is 0.467 e. The van der Waals surface area contributed by atoms with Gasteiger partial charge in [0.1, 0.15) is 11.5 Å². The molecule has 0 atom stereocenters. The van der Waals surface area contributed by atoms with Gasteiger partial charge in [-0.1, -0.05) is 0 Å². The lowest BCUT2D eigenvalue weighted by atomic mass is 10.2. The van der Waals surface area contributed by atoms with Crippen molar-refractivity contribution in [2.45, 2.75) is 6.54 Å². The van der Waals surface area contributed by atoms with Crippen LogP contribution in [0.5, 0.6) is 0 Å². The van der Waals surface area contributed by atoms with Gasteiger partial charge in [-0.2, -0.15) is 0 Å². The number of hydrogen-bond acceptors (Lipinski definition) is 6. The van der Waals surface area contributed by atoms with Gasteiger partial charge in [0.25, 0.3) is 5.91 Å². The fourth-order valence-corrected chi connectivity index (χ4v) is 2.19. The molecule has 0 spiro atoms. The summed E-state index contributed by atoms with van der Waals surface area (Å²) in [5, 5.41) is 5.85. The Bertz CT molecular complexity index is 829. The predicted octanol–water partition coefficient (Wildman–Crippen LogP) is 2.81. The van der Waals surface area contributed by atoms with Gasteiger partial charge in [-0.25, -0.2) is 9.97 Å². The van der Waals surface area contributed by atoms with Crippen LogP contribution in [0.1, 0.15) is 16.2 Å². The average Bonchev–Trinajstić information content (AvgIpc) is 3.14. The maximum Gasteiger partial charge on any atom is 0.270 e. The number of rotatable bonds is 6. The van der Waals surface area contributed by atoms with Crippen LogP contribution < -0.4 is 15.5 Å². The third-order valence-corrected chi connectivity index (χ3v) is 3.53. The Hall–Kier alpha value is -3.35. The molecular weight excluding hydrogens is 318 g/mol. The Morgan fingerprint density at radius 1 is 1.16 bits per heavy atom. The average molecular weight is 337 g/mol. The van der Waals surface area contributed by atoms with Crippen LogP contribution in [0.15, 0.2) is 59.3 Å². The van der Waals surface area contributed by atoms with Crippen LogP contribution in [0, 0.1) is 0 Å². The molecule has 0 radical (unpaired) electrons. The van der Waals surface area contributed by atoms with E-state index in [0.29, 0.717) is 18.3 Å². The molecule has 1 amide bonds. The van der Waals surface area contributed by atoms with E-state index in [1.807, 2.05) is 43.3 Å². The predicted molar refractivity (Wildman–Crippen MR) is 96.0 cm³/mol. The van der Waals surface area contributed by atoms with Crippen LogP contribution in [0.25, 0.3) is 0 Å². The monoisotopic (exact) mass is 337 g/mol. The smallest absolute Gasteiger partial charge is 0.270 e. The maximum atomic E-state index is 12.2. The van der Waals surface area contributed by atoms with Crippen molar-refractivity contribution in [2.75, 3.05) is 24.3 Å². The molecule has 7 heteroatoms. The molecule has 0 saturated heterocycles. The third-order valence-electron chi connectivity index (χ3n) is 3.53. The topological polar surface area (TPSA) is 83.3 Å². The molecular formula is C18H19N5O2. The molecule has 2 aromatic heterocycles. The number of nitrogens with zero attached hydrogens (tertiary/aromatic N) is 3. The highest BCUT2D eigenvalue weighted by atomic mass is 16.3. The lowest BCUT2D eigenvalue weighted by Crippen LogP contribution is -2.23. The van der Waals surface area contributed by atoms with Crippen molar-refractivity contribution in [3.63, 3.8) is 0 Å². The number of carbonyl (C=O) groups excluding carboxylic acids is 1. The summed E-state index contributed by atoms with van der Waals surface area (Å²) < 4.78 is 5.19. The second-order valence-electron chi connectivity index (χ2n) is 5.59. The number of nitrogens with one attached hydrogen (secondary N) is 2. The minimum atomic E-state index is -0.287. The number of carbonyl (C=O) groups is 1. The number of benzene rings is 1. The number of hydrogen-bond donors (Lipinski definition) is 2. The summed E-state index contributed by atoms with van der Waals surface area (Å²) in [5.74, 6) is 0.759. The Labute approximate surface area is 145 Å². The van der Waals surface area contributed by atoms with Crippen LogP contribution in [0.4, 0.5) is 17.3 Å². The van der Waals surface area contributed by atoms with Crippen molar-refractivity contribution in [2.24, 2.45) is 0 Å². The third kappa shape index (κ3) is 4.35. The van der Waals surface area contributed by atoms with E-state index in [1.165, 1.54) is 0 Å². The second kappa shape index (κ2) is 7.48. The number of aromatic nitrogens is 2. The molecule has 1 aromatic carbocycles. The zero-order valence-electron chi connectivity index (χ0n) is 14.1. The summed E-state index contributed by atoms with van der Waals surface area (Å²) in [5.41, 5.74) is 2.23. The molecule has 0 fully saturated rings. The van der Waals surface area contributed by atoms with E-state index in [9.17, 15) is 4.79 Å². The van der Waals surface area contributed by atoms with Gasteiger partial charge in [0.15, 0.2) is 0 Å². The first kappa shape index (κ1) is 16.5. The minimum absolute atomic E-state index is 0.286. The molecule has 0 aliphatic rings. The van der Waals surface area contributed by atoms with E-state index in [2.05, 4.69) is 20.6 Å². The van der Waals surface area contributed by atoms with Crippen LogP contribution in [0.2, 0.25) is 0 Å². The molecule has 2 N–H and O–H groups in total. The lowest BCUT2D eigenvalue weighted by molar-refractivity contribution is 0.0943. The van der Waals surface area contributed by atoms with Gasteiger partial charge >= 0.3 is 0 Å². The first-order chi connectivity index (χ1) is 12.1. The highest BCUT2D eigenvalue weighted by Crippen LogP contribution is 2.18. The van der Waals surface area contributed by atoms with Crippen LogP contribution in [-0.4, -0.2) is 30.0 Å². The molecule has 0 unspecified atom stereocenters. The molecule has 0 aliphatic carbocycles. The number of furan rings is 1. The number of anilines is 3. The van der Waals surface area contributed by atoms with Crippen molar-refractivity contribution in [3.05, 3.63) is 66.4 Å². The fraction of sp³-hybridized carbons (Fsp3) is 0.167. The molecule has 2 heterocycles. The minimum Gasteiger partial charge on any atom is -0.467 e. The zero-order valence-corrected chi connectivity index (χ0v) is 14.1. The molecule has 0 saturated carbocycles. The Morgan fingerprint density at radius 2 is 1.96 bits per heavy atom. The van der Waals surface area contributed by atoms with Gasteiger partial charge in [-0.3, -0.25) is 4.79 Å². The van der Waals surface area contributed by atoms with E-state index >= 15 is 0 Å². The first-order valence-electron chi connectivity index (χ1n) is 7.80. The van der Waals surface area contributed by atoms with E-state index in [4.69, 9.17) is 4.42 Å². The molecule has 3 rings (SSSR count). The lowest BCUT2D eigenvalue weighted by Gasteiger charge is -2.13. The quantitative estimate of drug-likeness (QED) is 0.720. The summed E-state index contributed by atoms with van der Waals surface area (Å²) in [7, 11) is 3.96. The maximum absolute atomic E-state index is 12.2. The van der Waals surface area contributed by atoms with Gasteiger partial charge in [-0.15, -0.1) is 0 Å². The van der Waals surface area contributed by atoms with Gasteiger partial charge in [0, 0.05) is 31.7 Å². The van der Waals surface area contributed by atoms with E-state index in [-0.39, 0.29) is 11.6 Å². The summed E-state index contributed by atoms with van der Waals surface area (Å²) >= 11 is 0. The summed E-state index contributed by atoms with van der Waals surface area (Å²) in [6.07, 6.45) is 3.11. The van der Waals surface area contributed by atoms with Crippen molar-refractivity contribution < 1.29 is 9.21 Å². The summed E-state index contributed by atoms with van der Waals surface area (Å²) in [4.78, 5) is 22.6. The van der Waals surface area contributed by atoms with Gasteiger partial charge in [0.2, 0.25) is 5.95 Å². The van der Waals surface area contributed by atoms with Crippen LogP contribution >= 0.6 is 0 Å². The molecule has 7 nitrogen and oxygen atoms in total. The van der Waals surface area contributed by atoms with E-state index in [0.717, 1.165) is 11.4 Å². The first-order valence-corrected chi connectivity index (χ1v) is 7.80. The Morgan fingerprint density at radius 3 is 2.64 bits per heavy atom. The summed E-state index contributed by atoms with van der Waals surface area (Å²) in [6, 6.07) is 13.0. The van der Waals surface area contributed by atoms with Crippen molar-refractivity contribution in [3.8, 4) is 0 Å². The van der Waals surface area contributed by atoms with Crippen LogP contribution in [0.3, 0.4) is 0 Å². The van der Waals surface area contributed by atoms with Crippen molar-refractivity contribution in [1.29, 1.82) is 0 Å². The SMILES string of the molecule is CN(C)c1ccc(Nc2nccc(C(=O)NCc3ccco3)n2)cc1. The molecule has 0 aliphatic heterocycles. The van der Waals surface area contributed by atoms with Gasteiger partial charge < -0.3 is 20.0 Å². The Balaban J connectivity index is 1.65. The fourth-order valence-electron chi connectivity index (χ4n) is 2.19. The van der Waals surface area contributed by atoms with Crippen molar-refractivity contribution in [1.82, 2.24) is 15.3 Å². The normalized spacial score (nSPS) is 10.3. The molecule has 0 bridgehead atoms. The molecule has 128 valence electrons. The Kier molecular flexibility index (Phi) is 4.94. The zero-order chi connectivity index (χ0) is 17.6. The van der Waals surface area contributed by atoms with E-state index in [1.54, 1.807) is 30.7 Å².